The second-order valence-electron chi connectivity index (χ2n) is 4.60. The first-order valence-electron chi connectivity index (χ1n) is 6.30. The Morgan fingerprint density at radius 2 is 1.42 bits per heavy atom. The van der Waals surface area contributed by atoms with Crippen molar-refractivity contribution >= 4 is 12.6 Å². The molecule has 2 unspecified atom stereocenters. The molecule has 2 atom stereocenters. The molecule has 0 aliphatic carbocycles. The minimum atomic E-state index is -0.872. The maximum absolute atomic E-state index is 9.87. The van der Waals surface area contributed by atoms with Gasteiger partial charge in [-0.2, -0.15) is 12.6 Å². The molecule has 0 saturated heterocycles. The number of thiol groups is 1. The lowest BCUT2D eigenvalue weighted by Crippen LogP contribution is -2.19. The lowest BCUT2D eigenvalue weighted by Gasteiger charge is -2.16. The SMILES string of the molecule is OC(CS)C(O)c1ccc(Cc2ccccc2)cc1. The van der Waals surface area contributed by atoms with Crippen molar-refractivity contribution in [2.45, 2.75) is 18.6 Å². The molecule has 2 aromatic rings. The van der Waals surface area contributed by atoms with Gasteiger partial charge in [0.05, 0.1) is 6.10 Å². The summed E-state index contributed by atoms with van der Waals surface area (Å²) in [6, 6.07) is 17.9. The number of hydrogen-bond donors (Lipinski definition) is 3. The van der Waals surface area contributed by atoms with Crippen molar-refractivity contribution in [3.8, 4) is 0 Å². The lowest BCUT2D eigenvalue weighted by molar-refractivity contribution is 0.0337. The minimum absolute atomic E-state index is 0.243. The first-order valence-corrected chi connectivity index (χ1v) is 6.93. The van der Waals surface area contributed by atoms with Crippen LogP contribution in [0.4, 0.5) is 0 Å². The normalized spacial score (nSPS) is 14.1. The number of aliphatic hydroxyl groups excluding tert-OH is 2. The second kappa shape index (κ2) is 6.75. The van der Waals surface area contributed by atoms with Gasteiger partial charge in [0.25, 0.3) is 0 Å². The minimum Gasteiger partial charge on any atom is -0.389 e. The van der Waals surface area contributed by atoms with E-state index in [4.69, 9.17) is 0 Å². The van der Waals surface area contributed by atoms with Gasteiger partial charge >= 0.3 is 0 Å². The Hall–Kier alpha value is -1.29. The third-order valence-electron chi connectivity index (χ3n) is 3.12. The maximum atomic E-state index is 9.87. The van der Waals surface area contributed by atoms with E-state index in [1.54, 1.807) is 0 Å². The van der Waals surface area contributed by atoms with Gasteiger partial charge < -0.3 is 10.2 Å². The summed E-state index contributed by atoms with van der Waals surface area (Å²) in [4.78, 5) is 0. The van der Waals surface area contributed by atoms with E-state index in [0.717, 1.165) is 12.0 Å². The molecule has 19 heavy (non-hydrogen) atoms. The van der Waals surface area contributed by atoms with Gasteiger partial charge in [0.15, 0.2) is 0 Å². The monoisotopic (exact) mass is 274 g/mol. The number of aliphatic hydroxyl groups is 2. The van der Waals surface area contributed by atoms with Crippen LogP contribution in [0.1, 0.15) is 22.8 Å². The number of hydrogen-bond acceptors (Lipinski definition) is 3. The Labute approximate surface area is 119 Å². The fraction of sp³-hybridized carbons (Fsp3) is 0.250. The summed E-state index contributed by atoms with van der Waals surface area (Å²) < 4.78 is 0. The Balaban J connectivity index is 2.06. The third kappa shape index (κ3) is 3.83. The fourth-order valence-electron chi connectivity index (χ4n) is 1.99. The Morgan fingerprint density at radius 1 is 0.842 bits per heavy atom. The average Bonchev–Trinajstić information content (AvgIpc) is 2.47. The van der Waals surface area contributed by atoms with Gasteiger partial charge in [-0.3, -0.25) is 0 Å². The number of benzene rings is 2. The molecular formula is C16H18O2S. The van der Waals surface area contributed by atoms with Crippen LogP contribution in [0.15, 0.2) is 54.6 Å². The summed E-state index contributed by atoms with van der Waals surface area (Å²) in [6.07, 6.45) is -0.835. The van der Waals surface area contributed by atoms with E-state index in [1.807, 2.05) is 42.5 Å². The van der Waals surface area contributed by atoms with E-state index >= 15 is 0 Å². The van der Waals surface area contributed by atoms with Gasteiger partial charge in [0, 0.05) is 5.75 Å². The molecule has 2 rings (SSSR count). The summed E-state index contributed by atoms with van der Waals surface area (Å²) >= 11 is 3.98. The highest BCUT2D eigenvalue weighted by Gasteiger charge is 2.16. The van der Waals surface area contributed by atoms with E-state index in [2.05, 4.69) is 24.8 Å². The zero-order chi connectivity index (χ0) is 13.7. The standard InChI is InChI=1S/C16H18O2S/c17-15(11-19)16(18)14-8-6-13(7-9-14)10-12-4-2-1-3-5-12/h1-9,15-19H,10-11H2. The Morgan fingerprint density at radius 3 is 2.00 bits per heavy atom. The van der Waals surface area contributed by atoms with Crippen molar-refractivity contribution in [2.24, 2.45) is 0 Å². The first kappa shape index (κ1) is 14.1. The van der Waals surface area contributed by atoms with Crippen molar-refractivity contribution in [3.05, 3.63) is 71.3 Å². The highest BCUT2D eigenvalue weighted by molar-refractivity contribution is 7.80. The van der Waals surface area contributed by atoms with Crippen molar-refractivity contribution in [3.63, 3.8) is 0 Å². The molecule has 2 nitrogen and oxygen atoms in total. The molecule has 0 bridgehead atoms. The lowest BCUT2D eigenvalue weighted by atomic mass is 10.00. The Bertz CT molecular complexity index is 496. The molecule has 0 heterocycles. The number of rotatable bonds is 5. The van der Waals surface area contributed by atoms with Crippen LogP contribution in [0.25, 0.3) is 0 Å². The highest BCUT2D eigenvalue weighted by Crippen LogP contribution is 2.19. The van der Waals surface area contributed by atoms with Gasteiger partial charge in [-0.25, -0.2) is 0 Å². The van der Waals surface area contributed by atoms with Gasteiger partial charge in [-0.05, 0) is 23.1 Å². The summed E-state index contributed by atoms with van der Waals surface area (Å²) in [5, 5.41) is 19.4. The molecule has 0 fully saturated rings. The van der Waals surface area contributed by atoms with E-state index in [0.29, 0.717) is 0 Å². The van der Waals surface area contributed by atoms with Gasteiger partial charge in [-0.1, -0.05) is 54.6 Å². The molecule has 0 spiro atoms. The third-order valence-corrected chi connectivity index (χ3v) is 3.50. The largest absolute Gasteiger partial charge is 0.389 e. The summed E-state index contributed by atoms with van der Waals surface area (Å²) in [5.74, 6) is 0.243. The molecule has 100 valence electrons. The van der Waals surface area contributed by atoms with Gasteiger partial charge in [-0.15, -0.1) is 0 Å². The molecule has 3 heteroatoms. The molecule has 0 radical (unpaired) electrons. The van der Waals surface area contributed by atoms with Crippen LogP contribution >= 0.6 is 12.6 Å². The van der Waals surface area contributed by atoms with Crippen LogP contribution in [-0.2, 0) is 6.42 Å². The van der Waals surface area contributed by atoms with Crippen molar-refractivity contribution in [2.75, 3.05) is 5.75 Å². The Kier molecular flexibility index (Phi) is 5.02. The quantitative estimate of drug-likeness (QED) is 0.734. The second-order valence-corrected chi connectivity index (χ2v) is 4.96. The highest BCUT2D eigenvalue weighted by atomic mass is 32.1. The zero-order valence-electron chi connectivity index (χ0n) is 10.6. The van der Waals surface area contributed by atoms with Crippen molar-refractivity contribution < 1.29 is 10.2 Å². The maximum Gasteiger partial charge on any atom is 0.106 e. The summed E-state index contributed by atoms with van der Waals surface area (Å²) in [6.45, 7) is 0. The summed E-state index contributed by atoms with van der Waals surface area (Å²) in [7, 11) is 0. The van der Waals surface area contributed by atoms with Crippen LogP contribution in [0.5, 0.6) is 0 Å². The van der Waals surface area contributed by atoms with Crippen LogP contribution in [0.3, 0.4) is 0 Å². The van der Waals surface area contributed by atoms with Gasteiger partial charge in [0.1, 0.15) is 6.10 Å². The molecule has 2 aromatic carbocycles. The van der Waals surface area contributed by atoms with Crippen LogP contribution in [0.2, 0.25) is 0 Å². The van der Waals surface area contributed by atoms with E-state index in [9.17, 15) is 10.2 Å². The van der Waals surface area contributed by atoms with E-state index in [1.165, 1.54) is 11.1 Å². The average molecular weight is 274 g/mol. The van der Waals surface area contributed by atoms with E-state index in [-0.39, 0.29) is 5.75 Å². The molecule has 0 saturated carbocycles. The predicted octanol–water partition coefficient (Wildman–Crippen LogP) is 2.60. The van der Waals surface area contributed by atoms with Crippen LogP contribution < -0.4 is 0 Å². The molecule has 0 aliphatic heterocycles. The van der Waals surface area contributed by atoms with Crippen molar-refractivity contribution in [1.29, 1.82) is 0 Å². The summed E-state index contributed by atoms with van der Waals surface area (Å²) in [5.41, 5.74) is 3.16. The van der Waals surface area contributed by atoms with E-state index < -0.39 is 12.2 Å². The smallest absolute Gasteiger partial charge is 0.106 e. The molecule has 0 aliphatic rings. The fourth-order valence-corrected chi connectivity index (χ4v) is 2.19. The molecular weight excluding hydrogens is 256 g/mol. The van der Waals surface area contributed by atoms with Crippen LogP contribution in [-0.4, -0.2) is 22.1 Å². The molecule has 0 amide bonds. The topological polar surface area (TPSA) is 40.5 Å². The van der Waals surface area contributed by atoms with Crippen molar-refractivity contribution in [1.82, 2.24) is 0 Å². The predicted molar refractivity (Wildman–Crippen MR) is 80.5 cm³/mol. The van der Waals surface area contributed by atoms with Gasteiger partial charge in [0.2, 0.25) is 0 Å². The first-order chi connectivity index (χ1) is 9.20. The zero-order valence-corrected chi connectivity index (χ0v) is 11.5. The molecule has 0 aromatic heterocycles. The van der Waals surface area contributed by atoms with Crippen LogP contribution in [0, 0.1) is 0 Å². The molecule has 2 N–H and O–H groups in total.